The lowest BCUT2D eigenvalue weighted by molar-refractivity contribution is -0.384. The number of hydrogen-bond donors (Lipinski definition) is 2. The Balaban J connectivity index is 1.51. The molecule has 172 valence electrons. The number of hydrogen-bond acceptors (Lipinski definition) is 7. The second-order valence-electron chi connectivity index (χ2n) is 8.96. The number of phenols is 1. The second-order valence-corrected chi connectivity index (χ2v) is 9.37. The Hall–Kier alpha value is -3.01. The van der Waals surface area contributed by atoms with Gasteiger partial charge in [0.25, 0.3) is 5.69 Å². The maximum Gasteiger partial charge on any atom is 0.271 e. The van der Waals surface area contributed by atoms with Gasteiger partial charge in [0.15, 0.2) is 5.79 Å². The number of phenolic OH excluding ortho intramolecular Hbond substituents is 1. The van der Waals surface area contributed by atoms with Crippen LogP contribution in [0.1, 0.15) is 31.4 Å². The molecule has 1 saturated carbocycles. The number of rotatable bonds is 3. The highest BCUT2D eigenvalue weighted by Crippen LogP contribution is 2.59. The molecule has 2 amide bonds. The lowest BCUT2D eigenvalue weighted by Gasteiger charge is -2.43. The largest absolute Gasteiger partial charge is 0.508 e. The van der Waals surface area contributed by atoms with Crippen LogP contribution in [0.2, 0.25) is 5.02 Å². The fraction of sp³-hybridized carbons (Fsp3) is 0.391. The van der Waals surface area contributed by atoms with Crippen molar-refractivity contribution in [2.24, 2.45) is 23.7 Å². The Morgan fingerprint density at radius 3 is 2.64 bits per heavy atom. The van der Waals surface area contributed by atoms with E-state index in [9.17, 15) is 29.9 Å². The smallest absolute Gasteiger partial charge is 0.271 e. The van der Waals surface area contributed by atoms with Crippen molar-refractivity contribution in [3.05, 3.63) is 63.2 Å². The molecule has 9 nitrogen and oxygen atoms in total. The van der Waals surface area contributed by atoms with Crippen LogP contribution in [0.25, 0.3) is 0 Å². The standard InChI is InChI=1S/C23H21ClN2O7/c1-11-7-16-20(22(29)25(21(16)28)12-3-2-4-13(8-12)26(31)32)17-10-19(33-23(11,17)30)15-6-5-14(27)9-18(15)24/h2-6,8-9,11,16-17,19-20,27,30H,7,10H2,1H3/t11-,16-,17-,19-,20-,23+/m0/s1. The van der Waals surface area contributed by atoms with Crippen LogP contribution in [0.15, 0.2) is 42.5 Å². The summed E-state index contributed by atoms with van der Waals surface area (Å²) in [5.74, 6) is -5.15. The lowest BCUT2D eigenvalue weighted by Crippen LogP contribution is -2.52. The van der Waals surface area contributed by atoms with E-state index in [1.165, 1.54) is 36.4 Å². The average Bonchev–Trinajstić information content (AvgIpc) is 3.23. The van der Waals surface area contributed by atoms with Crippen LogP contribution in [0.4, 0.5) is 11.4 Å². The van der Waals surface area contributed by atoms with E-state index in [1.807, 2.05) is 0 Å². The maximum atomic E-state index is 13.5. The van der Waals surface area contributed by atoms with Gasteiger partial charge in [-0.05, 0) is 36.6 Å². The minimum absolute atomic E-state index is 0.00419. The van der Waals surface area contributed by atoms with Gasteiger partial charge in [-0.25, -0.2) is 4.90 Å². The molecule has 0 aromatic heterocycles. The summed E-state index contributed by atoms with van der Waals surface area (Å²) >= 11 is 6.29. The van der Waals surface area contributed by atoms with Crippen LogP contribution < -0.4 is 4.90 Å². The summed E-state index contributed by atoms with van der Waals surface area (Å²) in [5, 5.41) is 32.6. The number of amides is 2. The maximum absolute atomic E-state index is 13.5. The zero-order chi connectivity index (χ0) is 23.7. The Labute approximate surface area is 193 Å². The number of aliphatic hydroxyl groups is 1. The van der Waals surface area contributed by atoms with Gasteiger partial charge in [0.05, 0.1) is 33.6 Å². The molecule has 1 aliphatic carbocycles. The highest BCUT2D eigenvalue weighted by molar-refractivity contribution is 6.31. The predicted molar refractivity (Wildman–Crippen MR) is 116 cm³/mol. The predicted octanol–water partition coefficient (Wildman–Crippen LogP) is 3.57. The molecule has 2 N–H and O–H groups in total. The molecule has 3 fully saturated rings. The number of ether oxygens (including phenoxy) is 1. The summed E-state index contributed by atoms with van der Waals surface area (Å²) in [6, 6.07) is 9.87. The third-order valence-corrected chi connectivity index (χ3v) is 7.51. The Bertz CT molecular complexity index is 1190. The number of fused-ring (bicyclic) bond motifs is 3. The highest BCUT2D eigenvalue weighted by Gasteiger charge is 2.66. The summed E-state index contributed by atoms with van der Waals surface area (Å²) in [5.41, 5.74) is 0.495. The molecule has 3 aliphatic rings. The zero-order valence-corrected chi connectivity index (χ0v) is 18.3. The molecule has 2 aromatic carbocycles. The fourth-order valence-corrected chi connectivity index (χ4v) is 5.91. The van der Waals surface area contributed by atoms with Crippen LogP contribution in [0.5, 0.6) is 5.75 Å². The molecule has 2 heterocycles. The minimum atomic E-state index is -1.64. The number of nitrogens with zero attached hydrogens (tertiary/aromatic N) is 2. The average molecular weight is 473 g/mol. The van der Waals surface area contributed by atoms with E-state index in [0.29, 0.717) is 5.56 Å². The van der Waals surface area contributed by atoms with Gasteiger partial charge in [-0.2, -0.15) is 0 Å². The molecular formula is C23H21ClN2O7. The monoisotopic (exact) mass is 472 g/mol. The molecule has 10 heteroatoms. The Morgan fingerprint density at radius 1 is 1.18 bits per heavy atom. The summed E-state index contributed by atoms with van der Waals surface area (Å²) in [4.78, 5) is 38.4. The van der Waals surface area contributed by atoms with Gasteiger partial charge >= 0.3 is 0 Å². The summed E-state index contributed by atoms with van der Waals surface area (Å²) in [7, 11) is 0. The number of anilines is 1. The van der Waals surface area contributed by atoms with Gasteiger partial charge in [-0.15, -0.1) is 0 Å². The molecule has 2 aliphatic heterocycles. The number of non-ortho nitro benzene ring substituents is 1. The van der Waals surface area contributed by atoms with Crippen molar-refractivity contribution in [3.8, 4) is 5.75 Å². The topological polar surface area (TPSA) is 130 Å². The summed E-state index contributed by atoms with van der Waals surface area (Å²) in [6.45, 7) is 1.78. The van der Waals surface area contributed by atoms with Gasteiger partial charge in [0.1, 0.15) is 5.75 Å². The number of benzene rings is 2. The van der Waals surface area contributed by atoms with Crippen molar-refractivity contribution in [1.82, 2.24) is 0 Å². The van der Waals surface area contributed by atoms with E-state index < -0.39 is 52.3 Å². The third-order valence-electron chi connectivity index (χ3n) is 7.18. The van der Waals surface area contributed by atoms with E-state index in [4.69, 9.17) is 16.3 Å². The lowest BCUT2D eigenvalue weighted by atomic mass is 9.65. The van der Waals surface area contributed by atoms with E-state index >= 15 is 0 Å². The Morgan fingerprint density at radius 2 is 1.94 bits per heavy atom. The molecule has 6 atom stereocenters. The van der Waals surface area contributed by atoms with Crippen molar-refractivity contribution < 1.29 is 29.5 Å². The van der Waals surface area contributed by atoms with Crippen LogP contribution in [0, 0.1) is 33.8 Å². The first-order valence-corrected chi connectivity index (χ1v) is 11.0. The molecule has 2 saturated heterocycles. The molecule has 0 radical (unpaired) electrons. The third kappa shape index (κ3) is 3.22. The number of nitro benzene ring substituents is 1. The van der Waals surface area contributed by atoms with Crippen molar-refractivity contribution in [2.45, 2.75) is 31.7 Å². The molecular weight excluding hydrogens is 452 g/mol. The molecule has 2 aromatic rings. The van der Waals surface area contributed by atoms with Gasteiger partial charge in [-0.3, -0.25) is 19.7 Å². The van der Waals surface area contributed by atoms with Crippen LogP contribution >= 0.6 is 11.6 Å². The van der Waals surface area contributed by atoms with Crippen LogP contribution in [-0.2, 0) is 14.3 Å². The molecule has 5 rings (SSSR count). The van der Waals surface area contributed by atoms with Crippen molar-refractivity contribution >= 4 is 34.8 Å². The normalized spacial score (nSPS) is 33.2. The first-order valence-electron chi connectivity index (χ1n) is 10.6. The van der Waals surface area contributed by atoms with Gasteiger partial charge in [0, 0.05) is 24.0 Å². The van der Waals surface area contributed by atoms with E-state index in [2.05, 4.69) is 0 Å². The molecule has 0 bridgehead atoms. The van der Waals surface area contributed by atoms with Gasteiger partial charge < -0.3 is 14.9 Å². The Kier molecular flexibility index (Phi) is 4.97. The molecule has 0 unspecified atom stereocenters. The van der Waals surface area contributed by atoms with Crippen molar-refractivity contribution in [2.75, 3.05) is 4.90 Å². The number of carbonyl (C=O) groups excluding carboxylic acids is 2. The van der Waals surface area contributed by atoms with Crippen molar-refractivity contribution in [1.29, 1.82) is 0 Å². The number of aromatic hydroxyl groups is 1. The summed E-state index contributed by atoms with van der Waals surface area (Å²) < 4.78 is 6.07. The number of imide groups is 1. The highest BCUT2D eigenvalue weighted by atomic mass is 35.5. The van der Waals surface area contributed by atoms with Crippen molar-refractivity contribution in [3.63, 3.8) is 0 Å². The number of nitro groups is 1. The van der Waals surface area contributed by atoms with E-state index in [0.717, 1.165) is 4.90 Å². The quantitative estimate of drug-likeness (QED) is 0.396. The number of carbonyl (C=O) groups is 2. The van der Waals surface area contributed by atoms with E-state index in [-0.39, 0.29) is 35.0 Å². The van der Waals surface area contributed by atoms with E-state index in [1.54, 1.807) is 13.0 Å². The number of halogens is 1. The van der Waals surface area contributed by atoms with Gasteiger partial charge in [-0.1, -0.05) is 30.7 Å². The first kappa shape index (κ1) is 21.8. The summed E-state index contributed by atoms with van der Waals surface area (Å²) in [6.07, 6.45) is -0.123. The fourth-order valence-electron chi connectivity index (χ4n) is 5.62. The first-order chi connectivity index (χ1) is 15.6. The van der Waals surface area contributed by atoms with Crippen LogP contribution in [-0.4, -0.2) is 32.7 Å². The van der Waals surface area contributed by atoms with Gasteiger partial charge in [0.2, 0.25) is 11.8 Å². The van der Waals surface area contributed by atoms with Crippen LogP contribution in [0.3, 0.4) is 0 Å². The SMILES string of the molecule is C[C@H]1C[C@@H]2C(=O)N(c3cccc([N+](=O)[O-])c3)C(=O)[C@@H]2[C@@H]2C[C@@H](c3ccc(O)cc3Cl)O[C@]12O. The second kappa shape index (κ2) is 7.51. The molecule has 33 heavy (non-hydrogen) atoms. The molecule has 0 spiro atoms. The minimum Gasteiger partial charge on any atom is -0.508 e. The zero-order valence-electron chi connectivity index (χ0n) is 17.6.